The lowest BCUT2D eigenvalue weighted by Gasteiger charge is -2.08. The fourth-order valence-corrected chi connectivity index (χ4v) is 5.09. The van der Waals surface area contributed by atoms with Crippen molar-refractivity contribution >= 4 is 44.5 Å². The van der Waals surface area contributed by atoms with Gasteiger partial charge in [0.25, 0.3) is 0 Å². The number of nitrogens with one attached hydrogen (secondary N) is 1. The van der Waals surface area contributed by atoms with Gasteiger partial charge >= 0.3 is 5.97 Å². The number of aromatic nitrogens is 2. The molecule has 4 rings (SSSR count). The first kappa shape index (κ1) is 20.3. The predicted octanol–water partition coefficient (Wildman–Crippen LogP) is 5.48. The highest BCUT2D eigenvalue weighted by Crippen LogP contribution is 2.36. The topological polar surface area (TPSA) is 84.3 Å². The molecule has 1 aromatic carbocycles. The van der Waals surface area contributed by atoms with Gasteiger partial charge in [-0.3, -0.25) is 0 Å². The molecule has 0 aliphatic heterocycles. The number of fused-ring (bicyclic) bond motifs is 1. The molecule has 154 valence electrons. The van der Waals surface area contributed by atoms with Gasteiger partial charge in [0.15, 0.2) is 4.88 Å². The van der Waals surface area contributed by atoms with Crippen LogP contribution >= 0.6 is 22.7 Å². The summed E-state index contributed by atoms with van der Waals surface area (Å²) in [5.41, 5.74) is 3.26. The normalized spacial score (nSPS) is 11.0. The summed E-state index contributed by atoms with van der Waals surface area (Å²) in [6.07, 6.45) is 2.36. The van der Waals surface area contributed by atoms with Gasteiger partial charge in [0, 0.05) is 23.4 Å². The molecular formula is C22H21N3O3S2. The summed E-state index contributed by atoms with van der Waals surface area (Å²) in [4.78, 5) is 21.0. The lowest BCUT2D eigenvalue weighted by atomic mass is 10.1. The molecule has 0 aliphatic rings. The Balaban J connectivity index is 1.47. The van der Waals surface area contributed by atoms with E-state index >= 15 is 0 Å². The van der Waals surface area contributed by atoms with E-state index in [1.165, 1.54) is 27.5 Å². The number of carboxylic acid groups (broad SMARTS) is 1. The molecule has 8 heteroatoms. The smallest absolute Gasteiger partial charge is 0.349 e. The Bertz CT molecular complexity index is 1200. The Morgan fingerprint density at radius 1 is 1.23 bits per heavy atom. The summed E-state index contributed by atoms with van der Waals surface area (Å²) in [6.45, 7) is 5.12. The van der Waals surface area contributed by atoms with E-state index in [1.54, 1.807) is 17.4 Å². The highest BCUT2D eigenvalue weighted by Gasteiger charge is 2.18. The van der Waals surface area contributed by atoms with Crippen molar-refractivity contribution in [3.8, 4) is 16.3 Å². The lowest BCUT2D eigenvalue weighted by molar-refractivity contribution is 0.0698. The molecule has 0 saturated carbocycles. The number of aromatic carboxylic acids is 1. The number of benzene rings is 1. The average Bonchev–Trinajstić information content (AvgIpc) is 3.36. The summed E-state index contributed by atoms with van der Waals surface area (Å²) < 4.78 is 6.79. The van der Waals surface area contributed by atoms with E-state index in [-0.39, 0.29) is 4.88 Å². The number of rotatable bonds is 8. The second-order valence-corrected chi connectivity index (χ2v) is 8.73. The molecule has 0 saturated heterocycles. The largest absolute Gasteiger partial charge is 0.492 e. The van der Waals surface area contributed by atoms with Crippen molar-refractivity contribution < 1.29 is 14.6 Å². The van der Waals surface area contributed by atoms with Crippen LogP contribution in [0.3, 0.4) is 0 Å². The van der Waals surface area contributed by atoms with Crippen molar-refractivity contribution in [2.24, 2.45) is 0 Å². The van der Waals surface area contributed by atoms with E-state index in [4.69, 9.17) is 4.74 Å². The number of anilines is 1. The second-order valence-electron chi connectivity index (χ2n) is 6.76. The van der Waals surface area contributed by atoms with Crippen molar-refractivity contribution in [1.29, 1.82) is 0 Å². The van der Waals surface area contributed by atoms with Gasteiger partial charge in [-0.05, 0) is 48.2 Å². The number of carbonyl (C=O) groups is 1. The number of nitrogens with zero attached hydrogens (tertiary/aromatic N) is 2. The van der Waals surface area contributed by atoms with Gasteiger partial charge in [-0.1, -0.05) is 12.1 Å². The molecule has 0 fully saturated rings. The van der Waals surface area contributed by atoms with Crippen LogP contribution in [-0.4, -0.2) is 34.2 Å². The summed E-state index contributed by atoms with van der Waals surface area (Å²) in [7, 11) is 0. The van der Waals surface area contributed by atoms with Crippen molar-refractivity contribution in [3.63, 3.8) is 0 Å². The Kier molecular flexibility index (Phi) is 5.96. The quantitative estimate of drug-likeness (QED) is 0.378. The van der Waals surface area contributed by atoms with Crippen molar-refractivity contribution in [2.75, 3.05) is 18.5 Å². The third-order valence-corrected chi connectivity index (χ3v) is 6.82. The molecule has 0 bridgehead atoms. The van der Waals surface area contributed by atoms with E-state index in [0.29, 0.717) is 23.9 Å². The van der Waals surface area contributed by atoms with Crippen molar-refractivity contribution in [1.82, 2.24) is 9.97 Å². The second kappa shape index (κ2) is 8.81. The molecule has 6 nitrogen and oxygen atoms in total. The maximum absolute atomic E-state index is 11.5. The van der Waals surface area contributed by atoms with Gasteiger partial charge in [0.05, 0.1) is 17.2 Å². The zero-order chi connectivity index (χ0) is 21.1. The number of hydrogen-bond donors (Lipinski definition) is 2. The van der Waals surface area contributed by atoms with Crippen LogP contribution in [0.5, 0.6) is 5.75 Å². The first-order chi connectivity index (χ1) is 14.5. The van der Waals surface area contributed by atoms with E-state index in [0.717, 1.165) is 29.2 Å². The number of ether oxygens (including phenoxy) is 1. The van der Waals surface area contributed by atoms with Gasteiger partial charge in [0.1, 0.15) is 17.9 Å². The van der Waals surface area contributed by atoms with Crippen molar-refractivity contribution in [2.45, 2.75) is 20.3 Å². The van der Waals surface area contributed by atoms with Crippen LogP contribution in [0, 0.1) is 6.92 Å². The molecular weight excluding hydrogens is 418 g/mol. The molecule has 3 aromatic heterocycles. The van der Waals surface area contributed by atoms with Gasteiger partial charge < -0.3 is 15.2 Å². The maximum atomic E-state index is 11.5. The SMILES string of the molecule is CCOc1cc(-c2cc(NCCc3cc(C)c4sccc4c3)ncn2)sc1C(=O)O. The predicted molar refractivity (Wildman–Crippen MR) is 122 cm³/mol. The monoisotopic (exact) mass is 439 g/mol. The van der Waals surface area contributed by atoms with Gasteiger partial charge in [0.2, 0.25) is 0 Å². The Hall–Kier alpha value is -2.97. The van der Waals surface area contributed by atoms with E-state index in [1.807, 2.05) is 13.0 Å². The standard InChI is InChI=1S/C22H21N3O3S2/c1-3-28-17-11-18(30-21(17)22(26)27)16-10-19(25-12-24-16)23-6-4-14-8-13(2)20-15(9-14)5-7-29-20/h5,7-12H,3-4,6H2,1-2H3,(H,26,27)(H,23,24,25). The van der Waals surface area contributed by atoms with Crippen LogP contribution in [-0.2, 0) is 6.42 Å². The van der Waals surface area contributed by atoms with E-state index < -0.39 is 5.97 Å². The fraction of sp³-hybridized carbons (Fsp3) is 0.227. The number of carboxylic acids is 1. The molecule has 0 radical (unpaired) electrons. The molecule has 0 aliphatic carbocycles. The van der Waals surface area contributed by atoms with Crippen LogP contribution in [0.2, 0.25) is 0 Å². The molecule has 0 amide bonds. The van der Waals surface area contributed by atoms with Gasteiger partial charge in [-0.25, -0.2) is 14.8 Å². The van der Waals surface area contributed by atoms with Crippen LogP contribution in [0.25, 0.3) is 20.7 Å². The molecule has 0 spiro atoms. The molecule has 30 heavy (non-hydrogen) atoms. The first-order valence-corrected chi connectivity index (χ1v) is 11.3. The Labute approximate surface area is 182 Å². The third kappa shape index (κ3) is 4.29. The average molecular weight is 440 g/mol. The van der Waals surface area contributed by atoms with Crippen molar-refractivity contribution in [3.05, 3.63) is 58.0 Å². The first-order valence-electron chi connectivity index (χ1n) is 9.58. The Morgan fingerprint density at radius 2 is 2.10 bits per heavy atom. The molecule has 0 atom stereocenters. The molecule has 4 aromatic rings. The van der Waals surface area contributed by atoms with Crippen LogP contribution in [0.1, 0.15) is 27.7 Å². The summed E-state index contributed by atoms with van der Waals surface area (Å²) in [5.74, 6) is 0.0777. The zero-order valence-corrected chi connectivity index (χ0v) is 18.3. The summed E-state index contributed by atoms with van der Waals surface area (Å²) in [5, 5.41) is 16.1. The maximum Gasteiger partial charge on any atom is 0.349 e. The third-order valence-electron chi connectivity index (χ3n) is 4.63. The zero-order valence-electron chi connectivity index (χ0n) is 16.6. The number of thiophene rings is 2. The van der Waals surface area contributed by atoms with Crippen LogP contribution in [0.4, 0.5) is 5.82 Å². The summed E-state index contributed by atoms with van der Waals surface area (Å²) in [6, 6.07) is 10.2. The Morgan fingerprint density at radius 3 is 2.90 bits per heavy atom. The lowest BCUT2D eigenvalue weighted by Crippen LogP contribution is -2.06. The molecule has 0 unspecified atom stereocenters. The van der Waals surface area contributed by atoms with Gasteiger partial charge in [-0.2, -0.15) is 0 Å². The van der Waals surface area contributed by atoms with Crippen LogP contribution in [0.15, 0.2) is 42.0 Å². The van der Waals surface area contributed by atoms with Crippen LogP contribution < -0.4 is 10.1 Å². The highest BCUT2D eigenvalue weighted by atomic mass is 32.1. The minimum Gasteiger partial charge on any atom is -0.492 e. The van der Waals surface area contributed by atoms with Gasteiger partial charge in [-0.15, -0.1) is 22.7 Å². The molecule has 3 heterocycles. The minimum absolute atomic E-state index is 0.180. The summed E-state index contributed by atoms with van der Waals surface area (Å²) >= 11 is 2.93. The minimum atomic E-state index is -1.00. The van der Waals surface area contributed by atoms with E-state index in [9.17, 15) is 9.90 Å². The highest BCUT2D eigenvalue weighted by molar-refractivity contribution is 7.17. The van der Waals surface area contributed by atoms with E-state index in [2.05, 4.69) is 45.8 Å². The molecule has 2 N–H and O–H groups in total. The fourth-order valence-electron chi connectivity index (χ4n) is 3.32. The number of aryl methyl sites for hydroxylation is 1. The number of hydrogen-bond acceptors (Lipinski definition) is 7.